The average molecular weight is 352 g/mol. The maximum absolute atomic E-state index is 12.9. The Morgan fingerprint density at radius 3 is 2.69 bits per heavy atom. The first-order valence-electron chi connectivity index (χ1n) is 8.96. The van der Waals surface area contributed by atoms with Crippen molar-refractivity contribution in [3.05, 3.63) is 65.7 Å². The third kappa shape index (κ3) is 4.04. The van der Waals surface area contributed by atoms with E-state index in [-0.39, 0.29) is 30.9 Å². The number of nitrogens with two attached hydrogens (primary N) is 1. The average Bonchev–Trinajstić information content (AvgIpc) is 3.00. The van der Waals surface area contributed by atoms with Gasteiger partial charge in [0.15, 0.2) is 0 Å². The molecule has 1 unspecified atom stereocenters. The molecule has 2 atom stereocenters. The summed E-state index contributed by atoms with van der Waals surface area (Å²) in [6.45, 7) is 2.28. The molecule has 2 aromatic rings. The van der Waals surface area contributed by atoms with Crippen LogP contribution in [0.15, 0.2) is 54.6 Å². The van der Waals surface area contributed by atoms with Gasteiger partial charge in [0, 0.05) is 12.1 Å². The number of rotatable bonds is 6. The normalized spacial score (nSPS) is 17.8. The number of ether oxygens (including phenoxy) is 1. The SMILES string of the molecule is CC[C@H](CC(=O)N1C(=O)OCC1Cc1ccccc1)c1cccc(N)c1. The Morgan fingerprint density at radius 1 is 1.23 bits per heavy atom. The summed E-state index contributed by atoms with van der Waals surface area (Å²) in [6.07, 6.45) is 1.12. The minimum Gasteiger partial charge on any atom is -0.447 e. The van der Waals surface area contributed by atoms with E-state index in [2.05, 4.69) is 0 Å². The predicted octanol–water partition coefficient (Wildman–Crippen LogP) is 3.74. The number of cyclic esters (lactones) is 1. The fourth-order valence-corrected chi connectivity index (χ4v) is 3.42. The molecule has 2 N–H and O–H groups in total. The highest BCUT2D eigenvalue weighted by Gasteiger charge is 2.38. The molecule has 2 amide bonds. The van der Waals surface area contributed by atoms with Gasteiger partial charge in [0.25, 0.3) is 0 Å². The highest BCUT2D eigenvalue weighted by molar-refractivity contribution is 5.94. The van der Waals surface area contributed by atoms with Crippen LogP contribution in [0, 0.1) is 0 Å². The summed E-state index contributed by atoms with van der Waals surface area (Å²) in [7, 11) is 0. The van der Waals surface area contributed by atoms with Crippen molar-refractivity contribution in [2.45, 2.75) is 38.1 Å². The van der Waals surface area contributed by atoms with E-state index in [1.54, 1.807) is 0 Å². The third-order valence-electron chi connectivity index (χ3n) is 4.84. The molecule has 0 aromatic heterocycles. The van der Waals surface area contributed by atoms with Crippen molar-refractivity contribution in [1.82, 2.24) is 4.90 Å². The second-order valence-electron chi connectivity index (χ2n) is 6.66. The van der Waals surface area contributed by atoms with Gasteiger partial charge < -0.3 is 10.5 Å². The van der Waals surface area contributed by atoms with E-state index in [4.69, 9.17) is 10.5 Å². The fourth-order valence-electron chi connectivity index (χ4n) is 3.42. The van der Waals surface area contributed by atoms with Gasteiger partial charge in [-0.2, -0.15) is 0 Å². The van der Waals surface area contributed by atoms with E-state index in [9.17, 15) is 9.59 Å². The molecular formula is C21H24N2O3. The van der Waals surface area contributed by atoms with Crippen molar-refractivity contribution in [3.8, 4) is 0 Å². The molecule has 0 aliphatic carbocycles. The molecule has 0 spiro atoms. The van der Waals surface area contributed by atoms with Gasteiger partial charge in [-0.15, -0.1) is 0 Å². The largest absolute Gasteiger partial charge is 0.447 e. The van der Waals surface area contributed by atoms with E-state index in [1.807, 2.05) is 61.5 Å². The van der Waals surface area contributed by atoms with Crippen LogP contribution in [-0.2, 0) is 16.0 Å². The van der Waals surface area contributed by atoms with Crippen LogP contribution in [-0.4, -0.2) is 29.5 Å². The lowest BCUT2D eigenvalue weighted by molar-refractivity contribution is -0.129. The van der Waals surface area contributed by atoms with E-state index < -0.39 is 6.09 Å². The number of anilines is 1. The molecule has 136 valence electrons. The predicted molar refractivity (Wildman–Crippen MR) is 101 cm³/mol. The first-order chi connectivity index (χ1) is 12.6. The lowest BCUT2D eigenvalue weighted by atomic mass is 9.92. The van der Waals surface area contributed by atoms with Crippen LogP contribution in [0.1, 0.15) is 36.8 Å². The summed E-state index contributed by atoms with van der Waals surface area (Å²) in [5.74, 6) is -0.167. The van der Waals surface area contributed by atoms with E-state index in [0.717, 1.165) is 17.5 Å². The molecule has 1 aliphatic rings. The first-order valence-corrected chi connectivity index (χ1v) is 8.96. The molecule has 3 rings (SSSR count). The Labute approximate surface area is 153 Å². The van der Waals surface area contributed by atoms with Gasteiger partial charge in [-0.1, -0.05) is 49.4 Å². The van der Waals surface area contributed by atoms with Crippen LogP contribution >= 0.6 is 0 Å². The summed E-state index contributed by atoms with van der Waals surface area (Å²) in [5, 5.41) is 0. The summed E-state index contributed by atoms with van der Waals surface area (Å²) < 4.78 is 5.16. The molecule has 26 heavy (non-hydrogen) atoms. The highest BCUT2D eigenvalue weighted by atomic mass is 16.6. The van der Waals surface area contributed by atoms with Crippen molar-refractivity contribution in [1.29, 1.82) is 0 Å². The Bertz CT molecular complexity index is 776. The molecule has 5 nitrogen and oxygen atoms in total. The Hall–Kier alpha value is -2.82. The lowest BCUT2D eigenvalue weighted by Crippen LogP contribution is -2.40. The van der Waals surface area contributed by atoms with Crippen LogP contribution in [0.2, 0.25) is 0 Å². The van der Waals surface area contributed by atoms with Gasteiger partial charge in [-0.25, -0.2) is 9.69 Å². The Morgan fingerprint density at radius 2 is 2.00 bits per heavy atom. The number of amides is 2. The number of benzene rings is 2. The highest BCUT2D eigenvalue weighted by Crippen LogP contribution is 2.27. The maximum atomic E-state index is 12.9. The van der Waals surface area contributed by atoms with E-state index in [1.165, 1.54) is 4.90 Å². The molecule has 0 saturated carbocycles. The molecule has 0 bridgehead atoms. The quantitative estimate of drug-likeness (QED) is 0.804. The Balaban J connectivity index is 1.72. The summed E-state index contributed by atoms with van der Waals surface area (Å²) in [6, 6.07) is 17.2. The summed E-state index contributed by atoms with van der Waals surface area (Å²) in [4.78, 5) is 26.3. The summed E-state index contributed by atoms with van der Waals surface area (Å²) in [5.41, 5.74) is 8.64. The van der Waals surface area contributed by atoms with Crippen molar-refractivity contribution >= 4 is 17.7 Å². The molecule has 1 fully saturated rings. The van der Waals surface area contributed by atoms with Gasteiger partial charge in [-0.05, 0) is 42.0 Å². The van der Waals surface area contributed by atoms with Crippen molar-refractivity contribution in [2.24, 2.45) is 0 Å². The van der Waals surface area contributed by atoms with Crippen LogP contribution < -0.4 is 5.73 Å². The van der Waals surface area contributed by atoms with Crippen LogP contribution in [0.5, 0.6) is 0 Å². The number of nitrogen functional groups attached to an aromatic ring is 1. The first kappa shape index (κ1) is 18.0. The molecular weight excluding hydrogens is 328 g/mol. The lowest BCUT2D eigenvalue weighted by Gasteiger charge is -2.23. The standard InChI is InChI=1S/C21H24N2O3/c1-2-16(17-9-6-10-18(22)12-17)13-20(24)23-19(14-26-21(23)25)11-15-7-4-3-5-8-15/h3-10,12,16,19H,2,11,13-14,22H2,1H3/t16-,19?/m1/s1. The van der Waals surface area contributed by atoms with Crippen molar-refractivity contribution in [3.63, 3.8) is 0 Å². The van der Waals surface area contributed by atoms with Gasteiger partial charge >= 0.3 is 6.09 Å². The monoisotopic (exact) mass is 352 g/mol. The number of carbonyl (C=O) groups is 2. The topological polar surface area (TPSA) is 72.6 Å². The molecule has 0 radical (unpaired) electrons. The fraction of sp³-hybridized carbons (Fsp3) is 0.333. The van der Waals surface area contributed by atoms with Crippen molar-refractivity contribution < 1.29 is 14.3 Å². The number of hydrogen-bond acceptors (Lipinski definition) is 4. The van der Waals surface area contributed by atoms with Gasteiger partial charge in [0.2, 0.25) is 5.91 Å². The van der Waals surface area contributed by atoms with Gasteiger partial charge in [-0.3, -0.25) is 4.79 Å². The Kier molecular flexibility index (Phi) is 5.56. The smallest absolute Gasteiger partial charge is 0.416 e. The van der Waals surface area contributed by atoms with Crippen LogP contribution in [0.25, 0.3) is 0 Å². The zero-order chi connectivity index (χ0) is 18.5. The third-order valence-corrected chi connectivity index (χ3v) is 4.84. The van der Waals surface area contributed by atoms with Gasteiger partial charge in [0.1, 0.15) is 6.61 Å². The second kappa shape index (κ2) is 8.04. The van der Waals surface area contributed by atoms with E-state index in [0.29, 0.717) is 12.1 Å². The molecule has 2 aromatic carbocycles. The molecule has 1 saturated heterocycles. The number of carbonyl (C=O) groups excluding carboxylic acids is 2. The minimum atomic E-state index is -0.543. The van der Waals surface area contributed by atoms with E-state index >= 15 is 0 Å². The molecule has 1 aliphatic heterocycles. The van der Waals surface area contributed by atoms with Crippen molar-refractivity contribution in [2.75, 3.05) is 12.3 Å². The maximum Gasteiger partial charge on any atom is 0.416 e. The zero-order valence-electron chi connectivity index (χ0n) is 14.9. The molecule has 5 heteroatoms. The number of hydrogen-bond donors (Lipinski definition) is 1. The number of nitrogens with zero attached hydrogens (tertiary/aromatic N) is 1. The van der Waals surface area contributed by atoms with Gasteiger partial charge in [0.05, 0.1) is 6.04 Å². The van der Waals surface area contributed by atoms with Crippen LogP contribution in [0.4, 0.5) is 10.5 Å². The summed E-state index contributed by atoms with van der Waals surface area (Å²) >= 11 is 0. The number of imide groups is 1. The van der Waals surface area contributed by atoms with Crippen LogP contribution in [0.3, 0.4) is 0 Å². The minimum absolute atomic E-state index is 0.0248. The molecule has 1 heterocycles. The second-order valence-corrected chi connectivity index (χ2v) is 6.66. The zero-order valence-corrected chi connectivity index (χ0v) is 14.9.